The molecule has 0 aliphatic rings. The number of sulfone groups is 2. The van der Waals surface area contributed by atoms with Crippen molar-refractivity contribution in [2.24, 2.45) is 0 Å². The highest BCUT2D eigenvalue weighted by Crippen LogP contribution is 2.38. The topological polar surface area (TPSA) is 88.5 Å². The predicted octanol–water partition coefficient (Wildman–Crippen LogP) is 1.22. The van der Waals surface area contributed by atoms with Gasteiger partial charge in [0.2, 0.25) is 0 Å². The van der Waals surface area contributed by atoms with Gasteiger partial charge >= 0.3 is 6.18 Å². The third-order valence-corrected chi connectivity index (χ3v) is 4.39. The zero-order valence-corrected chi connectivity index (χ0v) is 11.3. The number of aromatic hydroxyl groups is 1. The normalized spacial score (nSPS) is 13.5. The van der Waals surface area contributed by atoms with Crippen LogP contribution in [0.25, 0.3) is 0 Å². The van der Waals surface area contributed by atoms with Crippen molar-refractivity contribution in [3.63, 3.8) is 0 Å². The van der Waals surface area contributed by atoms with Gasteiger partial charge < -0.3 is 5.11 Å². The van der Waals surface area contributed by atoms with Gasteiger partial charge in [0, 0.05) is 12.5 Å². The molecule has 108 valence electrons. The van der Waals surface area contributed by atoms with Crippen LogP contribution in [0.2, 0.25) is 0 Å². The standard InChI is InChI=1S/C9H9F3O5S2/c1-18(14,15)6-3-5(9(10,11)12)4-7(8(6)13)19(2,16)17/h3-4,13H,1-2H3. The van der Waals surface area contributed by atoms with E-state index in [1.165, 1.54) is 0 Å². The van der Waals surface area contributed by atoms with E-state index < -0.39 is 47.0 Å². The van der Waals surface area contributed by atoms with E-state index in [2.05, 4.69) is 0 Å². The summed E-state index contributed by atoms with van der Waals surface area (Å²) in [6, 6.07) is 0.388. The number of alkyl halides is 3. The molecule has 0 radical (unpaired) electrons. The second-order valence-electron chi connectivity index (χ2n) is 3.86. The third kappa shape index (κ3) is 3.38. The fraction of sp³-hybridized carbons (Fsp3) is 0.333. The molecule has 0 unspecified atom stereocenters. The van der Waals surface area contributed by atoms with E-state index in [1.807, 2.05) is 0 Å². The summed E-state index contributed by atoms with van der Waals surface area (Å²) in [6.07, 6.45) is -3.81. The van der Waals surface area contributed by atoms with Gasteiger partial charge in [0.1, 0.15) is 9.79 Å². The Morgan fingerprint density at radius 3 is 1.47 bits per heavy atom. The monoisotopic (exact) mass is 318 g/mol. The van der Waals surface area contributed by atoms with Gasteiger partial charge in [-0.05, 0) is 12.1 Å². The first-order chi connectivity index (χ1) is 8.24. The van der Waals surface area contributed by atoms with Gasteiger partial charge in [-0.2, -0.15) is 13.2 Å². The number of hydrogen-bond donors (Lipinski definition) is 1. The van der Waals surface area contributed by atoms with E-state index in [0.29, 0.717) is 12.5 Å². The molecule has 1 aromatic carbocycles. The molecular weight excluding hydrogens is 309 g/mol. The van der Waals surface area contributed by atoms with E-state index in [9.17, 15) is 35.1 Å². The van der Waals surface area contributed by atoms with Crippen LogP contribution in [-0.4, -0.2) is 34.5 Å². The van der Waals surface area contributed by atoms with Gasteiger partial charge in [0.15, 0.2) is 25.4 Å². The molecule has 10 heteroatoms. The van der Waals surface area contributed by atoms with Crippen LogP contribution in [0.5, 0.6) is 5.75 Å². The lowest BCUT2D eigenvalue weighted by Crippen LogP contribution is -2.11. The minimum Gasteiger partial charge on any atom is -0.505 e. The molecule has 0 spiro atoms. The first kappa shape index (κ1) is 15.8. The maximum absolute atomic E-state index is 12.6. The average molecular weight is 318 g/mol. The Morgan fingerprint density at radius 2 is 1.26 bits per heavy atom. The van der Waals surface area contributed by atoms with Crippen LogP contribution in [0.4, 0.5) is 13.2 Å². The third-order valence-electron chi connectivity index (χ3n) is 2.17. The maximum atomic E-state index is 12.6. The van der Waals surface area contributed by atoms with E-state index in [4.69, 9.17) is 0 Å². The highest BCUT2D eigenvalue weighted by molar-refractivity contribution is 7.91. The first-order valence-corrected chi connectivity index (χ1v) is 8.37. The van der Waals surface area contributed by atoms with Crippen molar-refractivity contribution in [3.05, 3.63) is 17.7 Å². The quantitative estimate of drug-likeness (QED) is 0.885. The van der Waals surface area contributed by atoms with Crippen molar-refractivity contribution in [1.82, 2.24) is 0 Å². The Balaban J connectivity index is 3.89. The lowest BCUT2D eigenvalue weighted by Gasteiger charge is -2.12. The van der Waals surface area contributed by atoms with E-state index in [-0.39, 0.29) is 12.1 Å². The van der Waals surface area contributed by atoms with Crippen LogP contribution < -0.4 is 0 Å². The summed E-state index contributed by atoms with van der Waals surface area (Å²) >= 11 is 0. The van der Waals surface area contributed by atoms with Crippen molar-refractivity contribution in [2.45, 2.75) is 16.0 Å². The van der Waals surface area contributed by atoms with Crippen molar-refractivity contribution >= 4 is 19.7 Å². The van der Waals surface area contributed by atoms with Crippen molar-refractivity contribution in [3.8, 4) is 5.75 Å². The summed E-state index contributed by atoms with van der Waals surface area (Å²) in [5.41, 5.74) is -1.47. The maximum Gasteiger partial charge on any atom is 0.416 e. The van der Waals surface area contributed by atoms with Crippen LogP contribution >= 0.6 is 0 Å². The molecule has 0 aliphatic carbocycles. The summed E-state index contributed by atoms with van der Waals surface area (Å²) in [5.74, 6) is -1.21. The molecular formula is C9H9F3O5S2. The lowest BCUT2D eigenvalue weighted by atomic mass is 10.2. The molecule has 0 aliphatic heterocycles. The zero-order chi connectivity index (χ0) is 15.2. The van der Waals surface area contributed by atoms with Gasteiger partial charge in [-0.15, -0.1) is 0 Å². The minimum absolute atomic E-state index is 0.194. The molecule has 5 nitrogen and oxygen atoms in total. The number of hydrogen-bond acceptors (Lipinski definition) is 5. The SMILES string of the molecule is CS(=O)(=O)c1cc(C(F)(F)F)cc(S(C)(=O)=O)c1O. The number of halogens is 3. The molecule has 0 aromatic heterocycles. The number of benzene rings is 1. The van der Waals surface area contributed by atoms with Crippen molar-refractivity contribution in [2.75, 3.05) is 12.5 Å². The summed E-state index contributed by atoms with van der Waals surface area (Å²) in [5, 5.41) is 9.52. The van der Waals surface area contributed by atoms with Gasteiger partial charge in [-0.3, -0.25) is 0 Å². The summed E-state index contributed by atoms with van der Waals surface area (Å²) < 4.78 is 82.9. The summed E-state index contributed by atoms with van der Waals surface area (Å²) in [4.78, 5) is -2.16. The molecule has 0 saturated carbocycles. The zero-order valence-electron chi connectivity index (χ0n) is 9.69. The van der Waals surface area contributed by atoms with Crippen molar-refractivity contribution < 1.29 is 35.1 Å². The highest BCUT2D eigenvalue weighted by atomic mass is 32.2. The summed E-state index contributed by atoms with van der Waals surface area (Å²) in [6.45, 7) is 0. The van der Waals surface area contributed by atoms with E-state index >= 15 is 0 Å². The van der Waals surface area contributed by atoms with E-state index in [1.54, 1.807) is 0 Å². The Kier molecular flexibility index (Phi) is 3.63. The Bertz CT molecular complexity index is 664. The molecule has 0 amide bonds. The molecule has 0 bridgehead atoms. The van der Waals surface area contributed by atoms with Gasteiger partial charge in [0.25, 0.3) is 0 Å². The molecule has 0 atom stereocenters. The highest BCUT2D eigenvalue weighted by Gasteiger charge is 2.35. The number of rotatable bonds is 2. The van der Waals surface area contributed by atoms with Crippen LogP contribution in [0.1, 0.15) is 5.56 Å². The molecule has 0 heterocycles. The second kappa shape index (κ2) is 4.37. The van der Waals surface area contributed by atoms with E-state index in [0.717, 1.165) is 0 Å². The predicted molar refractivity (Wildman–Crippen MR) is 59.3 cm³/mol. The molecule has 1 aromatic rings. The minimum atomic E-state index is -4.94. The van der Waals surface area contributed by atoms with Crippen LogP contribution in [0.3, 0.4) is 0 Å². The Hall–Kier alpha value is -1.29. The largest absolute Gasteiger partial charge is 0.505 e. The first-order valence-electron chi connectivity index (χ1n) is 4.59. The van der Waals surface area contributed by atoms with Gasteiger partial charge in [0.05, 0.1) is 5.56 Å². The average Bonchev–Trinajstić information content (AvgIpc) is 2.11. The fourth-order valence-electron chi connectivity index (χ4n) is 1.31. The smallest absolute Gasteiger partial charge is 0.416 e. The van der Waals surface area contributed by atoms with Crippen molar-refractivity contribution in [1.29, 1.82) is 0 Å². The molecule has 19 heavy (non-hydrogen) atoms. The lowest BCUT2D eigenvalue weighted by molar-refractivity contribution is -0.137. The van der Waals surface area contributed by atoms with Crippen LogP contribution in [0.15, 0.2) is 21.9 Å². The van der Waals surface area contributed by atoms with Crippen LogP contribution in [-0.2, 0) is 25.9 Å². The van der Waals surface area contributed by atoms with Crippen LogP contribution in [0, 0.1) is 0 Å². The molecule has 0 saturated heterocycles. The van der Waals surface area contributed by atoms with Gasteiger partial charge in [-0.25, -0.2) is 16.8 Å². The van der Waals surface area contributed by atoms with Gasteiger partial charge in [-0.1, -0.05) is 0 Å². The summed E-state index contributed by atoms with van der Waals surface area (Å²) in [7, 11) is -8.43. The fourth-order valence-corrected chi connectivity index (χ4v) is 2.98. The second-order valence-corrected chi connectivity index (χ2v) is 7.83. The number of phenolic OH excluding ortho intramolecular Hbond substituents is 1. The molecule has 1 N–H and O–H groups in total. The molecule has 0 fully saturated rings. The Labute approximate surface area is 107 Å². The Morgan fingerprint density at radius 1 is 0.947 bits per heavy atom. The molecule has 1 rings (SSSR count). The number of phenols is 1.